The standard InChI is InChI=1S/C12H26.C6H15NO3/c1-3-5-7-9-11-12-10-8-6-4-2;1-4(8)7(5(2)9)6(3)10/h3-12H2,1-2H3;4-6,8-10H,1-3H3. The Morgan fingerprint density at radius 1 is 0.545 bits per heavy atom. The van der Waals surface area contributed by atoms with Crippen LogP contribution in [-0.2, 0) is 0 Å². The largest absolute Gasteiger partial charge is 0.379 e. The summed E-state index contributed by atoms with van der Waals surface area (Å²) in [6.45, 7) is 9.01. The Hall–Kier alpha value is -0.160. The molecule has 0 bridgehead atoms. The highest BCUT2D eigenvalue weighted by atomic mass is 16.4. The summed E-state index contributed by atoms with van der Waals surface area (Å²) >= 11 is 0. The fourth-order valence-corrected chi connectivity index (χ4v) is 2.50. The van der Waals surface area contributed by atoms with E-state index < -0.39 is 18.7 Å². The smallest absolute Gasteiger partial charge is 0.108 e. The first-order valence-electron chi connectivity index (χ1n) is 9.20. The van der Waals surface area contributed by atoms with Gasteiger partial charge in [0.25, 0.3) is 0 Å². The molecule has 22 heavy (non-hydrogen) atoms. The number of rotatable bonds is 12. The Morgan fingerprint density at radius 3 is 0.909 bits per heavy atom. The van der Waals surface area contributed by atoms with Crippen LogP contribution in [0.5, 0.6) is 0 Å². The maximum absolute atomic E-state index is 8.96. The fraction of sp³-hybridized carbons (Fsp3) is 1.00. The average Bonchev–Trinajstić information content (AvgIpc) is 2.41. The molecule has 3 N–H and O–H groups in total. The summed E-state index contributed by atoms with van der Waals surface area (Å²) in [4.78, 5) is 1.17. The van der Waals surface area contributed by atoms with E-state index in [4.69, 9.17) is 15.3 Å². The lowest BCUT2D eigenvalue weighted by atomic mass is 10.1. The Morgan fingerprint density at radius 2 is 0.773 bits per heavy atom. The van der Waals surface area contributed by atoms with Gasteiger partial charge in [0.2, 0.25) is 0 Å². The van der Waals surface area contributed by atoms with Crippen LogP contribution in [0.2, 0.25) is 0 Å². The Labute approximate surface area is 138 Å². The summed E-state index contributed by atoms with van der Waals surface area (Å²) in [5.74, 6) is 0. The van der Waals surface area contributed by atoms with Gasteiger partial charge >= 0.3 is 0 Å². The molecule has 0 aromatic rings. The van der Waals surface area contributed by atoms with E-state index in [1.54, 1.807) is 0 Å². The molecule has 0 spiro atoms. The number of hydrogen-bond acceptors (Lipinski definition) is 4. The Balaban J connectivity index is 0. The number of unbranched alkanes of at least 4 members (excludes halogenated alkanes) is 9. The summed E-state index contributed by atoms with van der Waals surface area (Å²) in [5.41, 5.74) is 0. The Kier molecular flexibility index (Phi) is 18.8. The van der Waals surface area contributed by atoms with Gasteiger partial charge in [-0.25, -0.2) is 4.90 Å². The summed E-state index contributed by atoms with van der Waals surface area (Å²) in [6, 6.07) is 0. The van der Waals surface area contributed by atoms with Gasteiger partial charge in [-0.3, -0.25) is 0 Å². The molecule has 4 nitrogen and oxygen atoms in total. The number of hydrogen-bond donors (Lipinski definition) is 3. The predicted molar refractivity (Wildman–Crippen MR) is 94.4 cm³/mol. The monoisotopic (exact) mass is 319 g/mol. The van der Waals surface area contributed by atoms with Gasteiger partial charge in [-0.15, -0.1) is 0 Å². The molecular formula is C18H41NO3. The second kappa shape index (κ2) is 17.2. The van der Waals surface area contributed by atoms with Gasteiger partial charge in [0.15, 0.2) is 0 Å². The summed E-state index contributed by atoms with van der Waals surface area (Å²) < 4.78 is 0. The van der Waals surface area contributed by atoms with Gasteiger partial charge in [0, 0.05) is 0 Å². The van der Waals surface area contributed by atoms with Crippen LogP contribution in [0.15, 0.2) is 0 Å². The van der Waals surface area contributed by atoms with Crippen LogP contribution < -0.4 is 0 Å². The second-order valence-electron chi connectivity index (χ2n) is 6.17. The number of nitrogens with zero attached hydrogens (tertiary/aromatic N) is 1. The predicted octanol–water partition coefficient (Wildman–Crippen LogP) is 4.23. The van der Waals surface area contributed by atoms with Gasteiger partial charge < -0.3 is 15.3 Å². The molecular weight excluding hydrogens is 278 g/mol. The van der Waals surface area contributed by atoms with Gasteiger partial charge in [-0.2, -0.15) is 0 Å². The third-order valence-electron chi connectivity index (χ3n) is 3.75. The molecule has 0 aromatic carbocycles. The first-order valence-corrected chi connectivity index (χ1v) is 9.20. The molecule has 0 radical (unpaired) electrons. The van der Waals surface area contributed by atoms with E-state index in [0.29, 0.717) is 0 Å². The third kappa shape index (κ3) is 16.2. The van der Waals surface area contributed by atoms with Crippen molar-refractivity contribution >= 4 is 0 Å². The van der Waals surface area contributed by atoms with E-state index in [9.17, 15) is 0 Å². The van der Waals surface area contributed by atoms with Crippen LogP contribution in [0.1, 0.15) is 98.8 Å². The quantitative estimate of drug-likeness (QED) is 0.372. The van der Waals surface area contributed by atoms with Crippen LogP contribution in [-0.4, -0.2) is 38.9 Å². The lowest BCUT2D eigenvalue weighted by Crippen LogP contribution is -2.45. The maximum atomic E-state index is 8.96. The van der Waals surface area contributed by atoms with Gasteiger partial charge in [-0.1, -0.05) is 78.1 Å². The molecule has 3 atom stereocenters. The zero-order chi connectivity index (χ0) is 17.4. The molecule has 3 unspecified atom stereocenters. The average molecular weight is 320 g/mol. The van der Waals surface area contributed by atoms with E-state index in [2.05, 4.69) is 13.8 Å². The molecule has 0 saturated carbocycles. The van der Waals surface area contributed by atoms with Crippen molar-refractivity contribution in [3.63, 3.8) is 0 Å². The van der Waals surface area contributed by atoms with Gasteiger partial charge in [0.1, 0.15) is 18.7 Å². The van der Waals surface area contributed by atoms with Crippen molar-refractivity contribution in [2.75, 3.05) is 0 Å². The van der Waals surface area contributed by atoms with Crippen molar-refractivity contribution in [2.45, 2.75) is 118 Å². The molecule has 0 saturated heterocycles. The summed E-state index contributed by atoms with van der Waals surface area (Å²) in [7, 11) is 0. The molecule has 4 heteroatoms. The number of aliphatic hydroxyl groups excluding tert-OH is 3. The van der Waals surface area contributed by atoms with Crippen LogP contribution >= 0.6 is 0 Å². The van der Waals surface area contributed by atoms with Crippen molar-refractivity contribution in [3.8, 4) is 0 Å². The van der Waals surface area contributed by atoms with Crippen LogP contribution in [0, 0.1) is 0 Å². The van der Waals surface area contributed by atoms with Crippen molar-refractivity contribution in [2.24, 2.45) is 0 Å². The van der Waals surface area contributed by atoms with Gasteiger partial charge in [-0.05, 0) is 20.8 Å². The normalized spacial score (nSPS) is 15.1. The summed E-state index contributed by atoms with van der Waals surface area (Å²) in [6.07, 6.45) is 11.9. The molecule has 0 rings (SSSR count). The Bertz CT molecular complexity index is 179. The first-order chi connectivity index (χ1) is 10.4. The molecule has 0 aliphatic rings. The molecule has 136 valence electrons. The van der Waals surface area contributed by atoms with E-state index in [0.717, 1.165) is 0 Å². The SMILES string of the molecule is CC(O)N(C(C)O)C(C)O.CCCCCCCCCCCC. The third-order valence-corrected chi connectivity index (χ3v) is 3.75. The van der Waals surface area contributed by atoms with Crippen molar-refractivity contribution < 1.29 is 15.3 Å². The van der Waals surface area contributed by atoms with E-state index in [1.165, 1.54) is 89.9 Å². The highest BCUT2D eigenvalue weighted by Crippen LogP contribution is 2.10. The molecule has 0 aliphatic carbocycles. The van der Waals surface area contributed by atoms with Crippen LogP contribution in [0.4, 0.5) is 0 Å². The van der Waals surface area contributed by atoms with Crippen molar-refractivity contribution in [1.29, 1.82) is 0 Å². The zero-order valence-corrected chi connectivity index (χ0v) is 15.6. The van der Waals surface area contributed by atoms with E-state index in [-0.39, 0.29) is 0 Å². The first kappa shape index (κ1) is 24.1. The second-order valence-corrected chi connectivity index (χ2v) is 6.17. The molecule has 0 heterocycles. The van der Waals surface area contributed by atoms with Crippen LogP contribution in [0.3, 0.4) is 0 Å². The highest BCUT2D eigenvalue weighted by molar-refractivity contribution is 4.58. The van der Waals surface area contributed by atoms with Crippen molar-refractivity contribution in [3.05, 3.63) is 0 Å². The molecule has 0 aromatic heterocycles. The minimum atomic E-state index is -0.833. The van der Waals surface area contributed by atoms with E-state index in [1.807, 2.05) is 0 Å². The minimum Gasteiger partial charge on any atom is -0.379 e. The van der Waals surface area contributed by atoms with Crippen molar-refractivity contribution in [1.82, 2.24) is 4.90 Å². The highest BCUT2D eigenvalue weighted by Gasteiger charge is 2.20. The summed E-state index contributed by atoms with van der Waals surface area (Å²) in [5, 5.41) is 26.9. The maximum Gasteiger partial charge on any atom is 0.108 e. The minimum absolute atomic E-state index is 0.833. The molecule has 0 amide bonds. The van der Waals surface area contributed by atoms with Gasteiger partial charge in [0.05, 0.1) is 0 Å². The number of aliphatic hydroxyl groups is 3. The van der Waals surface area contributed by atoms with E-state index >= 15 is 0 Å². The topological polar surface area (TPSA) is 63.9 Å². The molecule has 0 fully saturated rings. The zero-order valence-electron chi connectivity index (χ0n) is 15.6. The lowest BCUT2D eigenvalue weighted by Gasteiger charge is -2.30. The lowest BCUT2D eigenvalue weighted by molar-refractivity contribution is -0.159. The molecule has 0 aliphatic heterocycles. The van der Waals surface area contributed by atoms with Crippen LogP contribution in [0.25, 0.3) is 0 Å². The fourth-order valence-electron chi connectivity index (χ4n) is 2.50.